The van der Waals surface area contributed by atoms with Gasteiger partial charge < -0.3 is 14.4 Å². The molecule has 23 heavy (non-hydrogen) atoms. The molecule has 0 aromatic carbocycles. The van der Waals surface area contributed by atoms with Gasteiger partial charge in [0.15, 0.2) is 5.82 Å². The molecule has 0 aliphatic carbocycles. The topological polar surface area (TPSA) is 94.1 Å². The maximum Gasteiger partial charge on any atom is 0.248 e. The number of nitrogens with one attached hydrogen (secondary N) is 1. The highest BCUT2D eigenvalue weighted by molar-refractivity contribution is 5.76. The normalized spacial score (nSPS) is 12.6. The first-order valence-corrected chi connectivity index (χ1v) is 7.90. The van der Waals surface area contributed by atoms with Crippen molar-refractivity contribution in [3.8, 4) is 0 Å². The fourth-order valence-electron chi connectivity index (χ4n) is 2.36. The molecule has 1 N–H and O–H groups in total. The predicted molar refractivity (Wildman–Crippen MR) is 83.7 cm³/mol. The summed E-state index contributed by atoms with van der Waals surface area (Å²) in [6.45, 7) is 9.75. The Labute approximate surface area is 135 Å². The Morgan fingerprint density at radius 2 is 1.91 bits per heavy atom. The molecule has 0 spiro atoms. The summed E-state index contributed by atoms with van der Waals surface area (Å²) in [5.41, 5.74) is 1.82. The molecule has 0 aliphatic heterocycles. The van der Waals surface area contributed by atoms with Gasteiger partial charge in [-0.05, 0) is 33.1 Å². The van der Waals surface area contributed by atoms with Crippen molar-refractivity contribution >= 4 is 5.91 Å². The number of carbonyl (C=O) groups is 1. The van der Waals surface area contributed by atoms with Crippen molar-refractivity contribution in [2.24, 2.45) is 5.92 Å². The van der Waals surface area contributed by atoms with Gasteiger partial charge in [-0.2, -0.15) is 4.98 Å². The van der Waals surface area contributed by atoms with E-state index >= 15 is 0 Å². The van der Waals surface area contributed by atoms with Crippen molar-refractivity contribution < 1.29 is 13.8 Å². The van der Waals surface area contributed by atoms with Crippen LogP contribution in [-0.2, 0) is 17.6 Å². The number of carbonyl (C=O) groups excluding carboxylic acids is 1. The molecule has 2 rings (SSSR count). The summed E-state index contributed by atoms with van der Waals surface area (Å²) in [5.74, 6) is 2.26. The van der Waals surface area contributed by atoms with Gasteiger partial charge in [0.2, 0.25) is 11.8 Å². The van der Waals surface area contributed by atoms with Crippen LogP contribution in [0.15, 0.2) is 9.05 Å². The van der Waals surface area contributed by atoms with E-state index in [1.54, 1.807) is 0 Å². The minimum absolute atomic E-state index is 0.0684. The van der Waals surface area contributed by atoms with Crippen LogP contribution < -0.4 is 5.32 Å². The monoisotopic (exact) mass is 320 g/mol. The molecular formula is C16H24N4O3. The van der Waals surface area contributed by atoms with Gasteiger partial charge in [0.25, 0.3) is 0 Å². The zero-order chi connectivity index (χ0) is 17.0. The van der Waals surface area contributed by atoms with Gasteiger partial charge in [-0.3, -0.25) is 4.79 Å². The van der Waals surface area contributed by atoms with E-state index in [1.165, 1.54) is 0 Å². The van der Waals surface area contributed by atoms with E-state index in [1.807, 2.05) is 20.8 Å². The minimum Gasteiger partial charge on any atom is -0.361 e. The maximum absolute atomic E-state index is 12.1. The molecule has 0 radical (unpaired) electrons. The largest absolute Gasteiger partial charge is 0.361 e. The van der Waals surface area contributed by atoms with Gasteiger partial charge in [-0.25, -0.2) is 0 Å². The van der Waals surface area contributed by atoms with Crippen molar-refractivity contribution in [2.45, 2.75) is 59.9 Å². The molecule has 1 atom stereocenters. The lowest BCUT2D eigenvalue weighted by molar-refractivity contribution is -0.121. The van der Waals surface area contributed by atoms with Gasteiger partial charge in [0, 0.05) is 18.4 Å². The van der Waals surface area contributed by atoms with Crippen LogP contribution in [0.25, 0.3) is 0 Å². The van der Waals surface area contributed by atoms with E-state index in [2.05, 4.69) is 34.5 Å². The van der Waals surface area contributed by atoms with E-state index < -0.39 is 0 Å². The number of aryl methyl sites for hydroxylation is 2. The average Bonchev–Trinajstić information content (AvgIpc) is 3.04. The van der Waals surface area contributed by atoms with E-state index in [-0.39, 0.29) is 11.9 Å². The van der Waals surface area contributed by atoms with Gasteiger partial charge in [0.1, 0.15) is 11.8 Å². The quantitative estimate of drug-likeness (QED) is 0.843. The molecule has 2 aromatic rings. The van der Waals surface area contributed by atoms with E-state index in [4.69, 9.17) is 9.05 Å². The Morgan fingerprint density at radius 1 is 1.17 bits per heavy atom. The molecular weight excluding hydrogens is 296 g/mol. The SMILES string of the molecule is Cc1noc(C)c1CCC(=O)N[C@H](C)c1nc(CC(C)C)no1. The number of hydrogen-bond acceptors (Lipinski definition) is 6. The molecule has 2 heterocycles. The highest BCUT2D eigenvalue weighted by Gasteiger charge is 2.18. The summed E-state index contributed by atoms with van der Waals surface area (Å²) in [6, 6.07) is -0.305. The van der Waals surface area contributed by atoms with Gasteiger partial charge in [-0.1, -0.05) is 24.2 Å². The maximum atomic E-state index is 12.1. The van der Waals surface area contributed by atoms with Crippen LogP contribution in [0.5, 0.6) is 0 Å². The Balaban J connectivity index is 1.86. The lowest BCUT2D eigenvalue weighted by Gasteiger charge is -2.09. The number of rotatable bonds is 7. The van der Waals surface area contributed by atoms with Crippen LogP contribution in [0.1, 0.15) is 62.0 Å². The Morgan fingerprint density at radius 3 is 2.52 bits per heavy atom. The van der Waals surface area contributed by atoms with Crippen molar-refractivity contribution in [1.29, 1.82) is 0 Å². The first kappa shape index (κ1) is 17.2. The first-order chi connectivity index (χ1) is 10.9. The summed E-state index contributed by atoms with van der Waals surface area (Å²) in [4.78, 5) is 16.4. The molecule has 0 aliphatic rings. The van der Waals surface area contributed by atoms with Crippen LogP contribution in [0.3, 0.4) is 0 Å². The molecule has 0 saturated heterocycles. The number of nitrogens with zero attached hydrogens (tertiary/aromatic N) is 3. The van der Waals surface area contributed by atoms with Gasteiger partial charge in [0.05, 0.1) is 5.69 Å². The summed E-state index contributed by atoms with van der Waals surface area (Å²) in [5, 5.41) is 10.7. The Kier molecular flexibility index (Phi) is 5.52. The molecule has 0 unspecified atom stereocenters. The van der Waals surface area contributed by atoms with E-state index in [9.17, 15) is 4.79 Å². The third kappa shape index (κ3) is 4.64. The zero-order valence-corrected chi connectivity index (χ0v) is 14.3. The zero-order valence-electron chi connectivity index (χ0n) is 14.3. The van der Waals surface area contributed by atoms with Crippen LogP contribution in [0.2, 0.25) is 0 Å². The highest BCUT2D eigenvalue weighted by atomic mass is 16.5. The predicted octanol–water partition coefficient (Wildman–Crippen LogP) is 2.68. The summed E-state index contributed by atoms with van der Waals surface area (Å²) in [7, 11) is 0. The third-order valence-corrected chi connectivity index (χ3v) is 3.61. The van der Waals surface area contributed by atoms with E-state index in [0.717, 1.165) is 23.4 Å². The molecule has 7 heteroatoms. The van der Waals surface area contributed by atoms with Crippen molar-refractivity contribution in [3.05, 3.63) is 28.7 Å². The van der Waals surface area contributed by atoms with Crippen LogP contribution >= 0.6 is 0 Å². The standard InChI is InChI=1S/C16H24N4O3/c1-9(2)8-14-18-16(23-20-14)11(4)17-15(21)7-6-13-10(3)19-22-12(13)5/h9,11H,6-8H2,1-5H3,(H,17,21)/t11-/m1/s1. The fraction of sp³-hybridized carbons (Fsp3) is 0.625. The molecule has 1 amide bonds. The van der Waals surface area contributed by atoms with Crippen molar-refractivity contribution in [1.82, 2.24) is 20.6 Å². The molecule has 2 aromatic heterocycles. The van der Waals surface area contributed by atoms with Crippen LogP contribution in [0.4, 0.5) is 0 Å². The Bertz CT molecular complexity index is 641. The summed E-state index contributed by atoms with van der Waals surface area (Å²) in [6.07, 6.45) is 1.72. The van der Waals surface area contributed by atoms with Crippen molar-refractivity contribution in [3.63, 3.8) is 0 Å². The summed E-state index contributed by atoms with van der Waals surface area (Å²) < 4.78 is 10.3. The lowest BCUT2D eigenvalue weighted by Crippen LogP contribution is -2.27. The molecule has 0 saturated carbocycles. The second-order valence-corrected chi connectivity index (χ2v) is 6.24. The van der Waals surface area contributed by atoms with Crippen molar-refractivity contribution in [2.75, 3.05) is 0 Å². The number of amides is 1. The molecule has 126 valence electrons. The van der Waals surface area contributed by atoms with Crippen LogP contribution in [0, 0.1) is 19.8 Å². The molecule has 0 fully saturated rings. The number of aromatic nitrogens is 3. The third-order valence-electron chi connectivity index (χ3n) is 3.61. The lowest BCUT2D eigenvalue weighted by atomic mass is 10.1. The average molecular weight is 320 g/mol. The fourth-order valence-corrected chi connectivity index (χ4v) is 2.36. The van der Waals surface area contributed by atoms with Crippen LogP contribution in [-0.4, -0.2) is 21.2 Å². The smallest absolute Gasteiger partial charge is 0.248 e. The molecule has 0 bridgehead atoms. The summed E-state index contributed by atoms with van der Waals surface area (Å²) >= 11 is 0. The van der Waals surface area contributed by atoms with Gasteiger partial charge in [-0.15, -0.1) is 0 Å². The highest BCUT2D eigenvalue weighted by Crippen LogP contribution is 2.15. The minimum atomic E-state index is -0.305. The Hall–Kier alpha value is -2.18. The second-order valence-electron chi connectivity index (χ2n) is 6.24. The van der Waals surface area contributed by atoms with Gasteiger partial charge >= 0.3 is 0 Å². The molecule has 7 nitrogen and oxygen atoms in total. The van der Waals surface area contributed by atoms with E-state index in [0.29, 0.717) is 30.5 Å². The second kappa shape index (κ2) is 7.39. The number of hydrogen-bond donors (Lipinski definition) is 1. The first-order valence-electron chi connectivity index (χ1n) is 7.90.